The largest absolute Gasteiger partial charge is 0.394 e. The molecule has 2 aromatic rings. The van der Waals surface area contributed by atoms with Gasteiger partial charge < -0.3 is 35.3 Å². The van der Waals surface area contributed by atoms with Crippen LogP contribution in [0.5, 0.6) is 0 Å². The lowest BCUT2D eigenvalue weighted by molar-refractivity contribution is -0.136. The average molecular weight is 671 g/mol. The highest BCUT2D eigenvalue weighted by molar-refractivity contribution is 5.92. The van der Waals surface area contributed by atoms with Crippen molar-refractivity contribution >= 4 is 29.9 Å². The molecule has 268 valence electrons. The van der Waals surface area contributed by atoms with Gasteiger partial charge in [-0.2, -0.15) is 0 Å². The molecule has 0 fully saturated rings. The van der Waals surface area contributed by atoms with Gasteiger partial charge in [-0.15, -0.1) is 0 Å². The minimum Gasteiger partial charge on any atom is -0.394 e. The van der Waals surface area contributed by atoms with Gasteiger partial charge in [0.1, 0.15) is 18.4 Å². The van der Waals surface area contributed by atoms with Gasteiger partial charge in [-0.05, 0) is 50.5 Å². The Labute approximate surface area is 286 Å². The summed E-state index contributed by atoms with van der Waals surface area (Å²) in [6.45, 7) is 9.62. The number of nitrogens with zero attached hydrogens (tertiary/aromatic N) is 3. The fourth-order valence-electron chi connectivity index (χ4n) is 4.99. The van der Waals surface area contributed by atoms with Gasteiger partial charge in [0.2, 0.25) is 23.6 Å². The van der Waals surface area contributed by atoms with E-state index in [9.17, 15) is 24.0 Å². The van der Waals surface area contributed by atoms with Crippen LogP contribution in [0.15, 0.2) is 42.9 Å². The maximum Gasteiger partial charge on any atom is 0.243 e. The summed E-state index contributed by atoms with van der Waals surface area (Å²) in [5, 5.41) is 16.1. The van der Waals surface area contributed by atoms with Gasteiger partial charge >= 0.3 is 0 Å². The van der Waals surface area contributed by atoms with Gasteiger partial charge in [0.15, 0.2) is 0 Å². The molecular weight excluding hydrogens is 612 g/mol. The second-order valence-electron chi connectivity index (χ2n) is 12.5. The molecule has 1 heterocycles. The first kappa shape index (κ1) is 42.0. The van der Waals surface area contributed by atoms with Crippen molar-refractivity contribution in [1.82, 2.24) is 30.4 Å². The Bertz CT molecular complexity index is 1220. The van der Waals surface area contributed by atoms with E-state index < -0.39 is 43.0 Å². The Hall–Kier alpha value is -4.06. The van der Waals surface area contributed by atoms with Crippen molar-refractivity contribution in [2.24, 2.45) is 5.92 Å². The highest BCUT2D eigenvalue weighted by atomic mass is 16.3. The zero-order valence-corrected chi connectivity index (χ0v) is 29.6. The van der Waals surface area contributed by atoms with Gasteiger partial charge in [-0.1, -0.05) is 76.8 Å². The number of aromatic nitrogens is 2. The van der Waals surface area contributed by atoms with E-state index >= 15 is 0 Å². The van der Waals surface area contributed by atoms with Crippen molar-refractivity contribution in [3.05, 3.63) is 54.1 Å². The number of aliphatic hydroxyl groups is 1. The summed E-state index contributed by atoms with van der Waals surface area (Å²) in [5.41, 5.74) is 2.75. The third-order valence-corrected chi connectivity index (χ3v) is 7.64. The zero-order chi connectivity index (χ0) is 35.7. The quantitative estimate of drug-likeness (QED) is 0.110. The van der Waals surface area contributed by atoms with Gasteiger partial charge in [0.25, 0.3) is 0 Å². The summed E-state index contributed by atoms with van der Waals surface area (Å²) in [6, 6.07) is 8.91. The summed E-state index contributed by atoms with van der Waals surface area (Å²) in [5.74, 6) is -1.78. The van der Waals surface area contributed by atoms with Crippen LogP contribution in [-0.2, 0) is 36.9 Å². The number of carbonyl (C=O) groups excluding carboxylic acids is 5. The minimum atomic E-state index is -1.04. The molecule has 0 aliphatic heterocycles. The minimum absolute atomic E-state index is 0.0956. The number of benzene rings is 1. The molecule has 0 radical (unpaired) electrons. The molecule has 0 spiro atoms. The number of hydrogen-bond donors (Lipinski definition) is 4. The Morgan fingerprint density at radius 3 is 2.21 bits per heavy atom. The fraction of sp³-hybridized carbons (Fsp3) is 0.611. The highest BCUT2D eigenvalue weighted by Gasteiger charge is 2.24. The number of aliphatic hydroxyl groups excluding tert-OH is 1. The molecule has 1 aromatic heterocycles. The van der Waals surface area contributed by atoms with Gasteiger partial charge in [0, 0.05) is 31.9 Å². The zero-order valence-electron chi connectivity index (χ0n) is 29.6. The molecule has 0 aliphatic carbocycles. The van der Waals surface area contributed by atoms with E-state index in [-0.39, 0.29) is 18.4 Å². The lowest BCUT2D eigenvalue weighted by Crippen LogP contribution is -2.52. The first-order chi connectivity index (χ1) is 23.0. The smallest absolute Gasteiger partial charge is 0.243 e. The van der Waals surface area contributed by atoms with Crippen LogP contribution in [0.1, 0.15) is 90.3 Å². The normalized spacial score (nSPS) is 11.9. The molecule has 4 N–H and O–H groups in total. The molecule has 2 unspecified atom stereocenters. The topological polar surface area (TPSA) is 163 Å². The van der Waals surface area contributed by atoms with Crippen LogP contribution >= 0.6 is 0 Å². The van der Waals surface area contributed by atoms with Crippen molar-refractivity contribution in [1.29, 1.82) is 0 Å². The number of hydrogen-bond acceptors (Lipinski definition) is 7. The molecule has 0 aliphatic rings. The fourth-order valence-corrected chi connectivity index (χ4v) is 4.99. The summed E-state index contributed by atoms with van der Waals surface area (Å²) in [7, 11) is 0. The van der Waals surface area contributed by atoms with Crippen molar-refractivity contribution in [2.75, 3.05) is 26.2 Å². The predicted octanol–water partition coefficient (Wildman–Crippen LogP) is 3.34. The van der Waals surface area contributed by atoms with Crippen LogP contribution in [0.2, 0.25) is 0 Å². The number of unbranched alkanes of at least 4 members (excludes halogenated alkanes) is 5. The van der Waals surface area contributed by atoms with Crippen LogP contribution < -0.4 is 16.0 Å². The van der Waals surface area contributed by atoms with Crippen LogP contribution in [0.25, 0.3) is 0 Å². The lowest BCUT2D eigenvalue weighted by atomic mass is 10.0. The standard InChI is InChI=1S/C18H32N4O6.C18H26N2/c1-5-6-22(13(4)25)9-17(27)21-15(7-12(2)3)18(28)19-8-16(26)20-14(10-23)11-24;1-17-15-19-16-20(17)14-10-5-3-2-4-7-11-18-12-8-6-9-13-18/h10,12,14-15,24H,5-9,11H2,1-4H3,(H,19,28)(H,20,26)(H,21,27);6,8-9,12-13,15-16H,2-5,7,10-11,14H2,1H3. The van der Waals surface area contributed by atoms with Crippen molar-refractivity contribution in [3.63, 3.8) is 0 Å². The van der Waals surface area contributed by atoms with Crippen LogP contribution in [-0.4, -0.2) is 87.8 Å². The number of carbonyl (C=O) groups is 5. The van der Waals surface area contributed by atoms with Crippen molar-refractivity contribution in [2.45, 2.75) is 111 Å². The molecule has 2 rings (SSSR count). The number of amides is 4. The van der Waals surface area contributed by atoms with Crippen molar-refractivity contribution in [3.8, 4) is 0 Å². The summed E-state index contributed by atoms with van der Waals surface area (Å²) in [6.07, 6.45) is 14.6. The second-order valence-corrected chi connectivity index (χ2v) is 12.5. The van der Waals surface area contributed by atoms with Gasteiger partial charge in [-0.25, -0.2) is 4.98 Å². The van der Waals surface area contributed by atoms with E-state index in [1.54, 1.807) is 0 Å². The van der Waals surface area contributed by atoms with Crippen LogP contribution in [0.3, 0.4) is 0 Å². The van der Waals surface area contributed by atoms with Crippen LogP contribution in [0.4, 0.5) is 0 Å². The molecule has 48 heavy (non-hydrogen) atoms. The predicted molar refractivity (Wildman–Crippen MR) is 187 cm³/mol. The molecule has 0 bridgehead atoms. The molecule has 1 aromatic carbocycles. The Kier molecular flexibility index (Phi) is 21.9. The molecular formula is C36H58N6O6. The van der Waals surface area contributed by atoms with Crippen LogP contribution in [0, 0.1) is 12.8 Å². The first-order valence-corrected chi connectivity index (χ1v) is 17.2. The third-order valence-electron chi connectivity index (χ3n) is 7.64. The first-order valence-electron chi connectivity index (χ1n) is 17.2. The summed E-state index contributed by atoms with van der Waals surface area (Å²) < 4.78 is 2.25. The van der Waals surface area contributed by atoms with Crippen molar-refractivity contribution < 1.29 is 29.1 Å². The molecule has 4 amide bonds. The Morgan fingerprint density at radius 2 is 1.65 bits per heavy atom. The molecule has 0 saturated carbocycles. The maximum absolute atomic E-state index is 12.4. The number of aldehydes is 1. The number of aryl methyl sites for hydroxylation is 3. The van der Waals surface area contributed by atoms with Gasteiger partial charge in [0.05, 0.1) is 26.0 Å². The molecule has 2 atom stereocenters. The molecule has 0 saturated heterocycles. The third kappa shape index (κ3) is 18.9. The average Bonchev–Trinajstić information content (AvgIpc) is 3.47. The van der Waals surface area contributed by atoms with Gasteiger partial charge in [-0.3, -0.25) is 19.2 Å². The van der Waals surface area contributed by atoms with E-state index in [0.29, 0.717) is 25.7 Å². The summed E-state index contributed by atoms with van der Waals surface area (Å²) >= 11 is 0. The second kappa shape index (κ2) is 25.0. The number of rotatable bonds is 22. The molecule has 12 nitrogen and oxygen atoms in total. The highest BCUT2D eigenvalue weighted by Crippen LogP contribution is 2.11. The van der Waals surface area contributed by atoms with E-state index in [2.05, 4.69) is 62.8 Å². The number of imidazole rings is 1. The van der Waals surface area contributed by atoms with E-state index in [0.717, 1.165) is 6.54 Å². The van der Waals surface area contributed by atoms with E-state index in [1.807, 2.05) is 33.3 Å². The Morgan fingerprint density at radius 1 is 0.979 bits per heavy atom. The number of nitrogens with one attached hydrogen (secondary N) is 3. The Balaban J connectivity index is 0.000000504. The molecule has 12 heteroatoms. The van der Waals surface area contributed by atoms with E-state index in [4.69, 9.17) is 5.11 Å². The SMILES string of the molecule is CCCN(CC(=O)NC(CC(C)C)C(=O)NCC(=O)NC(C=O)CO)C(C)=O.Cc1cncn1CCCCCCCCc1ccccc1. The van der Waals surface area contributed by atoms with E-state index in [1.165, 1.54) is 68.0 Å². The summed E-state index contributed by atoms with van der Waals surface area (Å²) in [4.78, 5) is 64.1. The monoisotopic (exact) mass is 670 g/mol. The maximum atomic E-state index is 12.4. The lowest BCUT2D eigenvalue weighted by Gasteiger charge is -2.23.